The van der Waals surface area contributed by atoms with Crippen molar-refractivity contribution >= 4 is 20.8 Å². The van der Waals surface area contributed by atoms with Crippen molar-refractivity contribution in [2.24, 2.45) is 0 Å². The maximum absolute atomic E-state index is 10.8. The molecule has 1 heterocycles. The second-order valence-corrected chi connectivity index (χ2v) is 7.92. The van der Waals surface area contributed by atoms with E-state index in [4.69, 9.17) is 9.11 Å². The van der Waals surface area contributed by atoms with Crippen molar-refractivity contribution < 1.29 is 34.3 Å². The third-order valence-electron chi connectivity index (χ3n) is 3.85. The molecule has 29 heavy (non-hydrogen) atoms. The standard InChI is InChI=1S/C18H15NO8S2/c20-28(21,22)26-16-7-3-13(4-8-16)18(15-2-1-11-19-12-15)14-5-9-17(10-6-14)27-29(23,24)25/h1-12,18H,(H,20,21,22)(H,23,24,25). The van der Waals surface area contributed by atoms with Gasteiger partial charge in [-0.3, -0.25) is 14.1 Å². The summed E-state index contributed by atoms with van der Waals surface area (Å²) in [5.74, 6) is -0.445. The van der Waals surface area contributed by atoms with Gasteiger partial charge in [-0.2, -0.15) is 16.8 Å². The molecule has 0 saturated carbocycles. The van der Waals surface area contributed by atoms with Crippen molar-refractivity contribution in [2.45, 2.75) is 5.92 Å². The molecule has 1 aromatic heterocycles. The van der Waals surface area contributed by atoms with Gasteiger partial charge in [-0.15, -0.1) is 0 Å². The summed E-state index contributed by atoms with van der Waals surface area (Å²) in [6, 6.07) is 15.7. The Morgan fingerprint density at radius 1 is 0.690 bits per heavy atom. The summed E-state index contributed by atoms with van der Waals surface area (Å²) in [6.07, 6.45) is 3.28. The minimum atomic E-state index is -4.63. The van der Waals surface area contributed by atoms with Crippen molar-refractivity contribution in [1.29, 1.82) is 0 Å². The number of hydrogen-bond acceptors (Lipinski definition) is 7. The van der Waals surface area contributed by atoms with Crippen LogP contribution in [0, 0.1) is 0 Å². The fraction of sp³-hybridized carbons (Fsp3) is 0.0556. The van der Waals surface area contributed by atoms with E-state index in [1.54, 1.807) is 42.7 Å². The van der Waals surface area contributed by atoms with Gasteiger partial charge in [-0.25, -0.2) is 0 Å². The van der Waals surface area contributed by atoms with Crippen molar-refractivity contribution in [1.82, 2.24) is 4.98 Å². The zero-order valence-electron chi connectivity index (χ0n) is 14.6. The second-order valence-electron chi connectivity index (χ2n) is 5.88. The van der Waals surface area contributed by atoms with Gasteiger partial charge in [0.05, 0.1) is 0 Å². The summed E-state index contributed by atoms with van der Waals surface area (Å²) in [6.45, 7) is 0. The Bertz CT molecular complexity index is 1100. The van der Waals surface area contributed by atoms with E-state index < -0.39 is 20.8 Å². The predicted octanol–water partition coefficient (Wildman–Crippen LogP) is 2.63. The molecular formula is C18H15NO8S2. The number of hydrogen-bond donors (Lipinski definition) is 2. The van der Waals surface area contributed by atoms with E-state index in [-0.39, 0.29) is 17.4 Å². The molecule has 152 valence electrons. The monoisotopic (exact) mass is 437 g/mol. The quantitative estimate of drug-likeness (QED) is 0.534. The molecule has 11 heteroatoms. The van der Waals surface area contributed by atoms with Crippen molar-refractivity contribution in [3.05, 3.63) is 89.7 Å². The van der Waals surface area contributed by atoms with Gasteiger partial charge in [0.2, 0.25) is 0 Å². The average Bonchev–Trinajstić information content (AvgIpc) is 2.63. The van der Waals surface area contributed by atoms with Crippen LogP contribution in [0.3, 0.4) is 0 Å². The Hall–Kier alpha value is -2.99. The lowest BCUT2D eigenvalue weighted by atomic mass is 9.86. The van der Waals surface area contributed by atoms with Crippen LogP contribution in [0.2, 0.25) is 0 Å². The molecule has 0 spiro atoms. The Morgan fingerprint density at radius 2 is 1.14 bits per heavy atom. The van der Waals surface area contributed by atoms with E-state index >= 15 is 0 Å². The molecule has 0 amide bonds. The van der Waals surface area contributed by atoms with Crippen LogP contribution >= 0.6 is 0 Å². The fourth-order valence-corrected chi connectivity index (χ4v) is 3.51. The van der Waals surface area contributed by atoms with Gasteiger partial charge < -0.3 is 8.37 Å². The van der Waals surface area contributed by atoms with Crippen molar-refractivity contribution in [3.8, 4) is 11.5 Å². The summed E-state index contributed by atoms with van der Waals surface area (Å²) < 4.78 is 69.8. The van der Waals surface area contributed by atoms with Crippen LogP contribution < -0.4 is 8.37 Å². The molecule has 3 rings (SSSR count). The molecule has 0 aliphatic carbocycles. The summed E-state index contributed by atoms with van der Waals surface area (Å²) in [5, 5.41) is 0. The number of nitrogens with zero attached hydrogens (tertiary/aromatic N) is 1. The van der Waals surface area contributed by atoms with Crippen LogP contribution in [0.15, 0.2) is 73.1 Å². The van der Waals surface area contributed by atoms with Crippen molar-refractivity contribution in [3.63, 3.8) is 0 Å². The Labute approximate surface area is 167 Å². The van der Waals surface area contributed by atoms with Crippen molar-refractivity contribution in [2.75, 3.05) is 0 Å². The van der Waals surface area contributed by atoms with Gasteiger partial charge >= 0.3 is 20.8 Å². The number of pyridine rings is 1. The van der Waals surface area contributed by atoms with Crippen LogP contribution in [-0.2, 0) is 20.8 Å². The van der Waals surface area contributed by atoms with Crippen LogP contribution in [-0.4, -0.2) is 30.9 Å². The zero-order chi connectivity index (χ0) is 21.1. The van der Waals surface area contributed by atoms with Crippen LogP contribution in [0.4, 0.5) is 0 Å². The molecule has 0 fully saturated rings. The summed E-state index contributed by atoms with van der Waals surface area (Å²) in [7, 11) is -9.26. The van der Waals surface area contributed by atoms with Gasteiger partial charge in [0.1, 0.15) is 11.5 Å². The van der Waals surface area contributed by atoms with Gasteiger partial charge in [0.25, 0.3) is 0 Å². The van der Waals surface area contributed by atoms with Crippen LogP contribution in [0.1, 0.15) is 22.6 Å². The first-order chi connectivity index (χ1) is 13.6. The Kier molecular flexibility index (Phi) is 5.84. The first kappa shape index (κ1) is 20.7. The number of benzene rings is 2. The largest absolute Gasteiger partial charge is 0.446 e. The van der Waals surface area contributed by atoms with E-state index in [0.717, 1.165) is 16.7 Å². The SMILES string of the molecule is O=S(=O)(O)Oc1ccc(C(c2ccc(OS(=O)(=O)O)cc2)c2cccnc2)cc1. The summed E-state index contributed by atoms with van der Waals surface area (Å²) >= 11 is 0. The molecule has 2 N–H and O–H groups in total. The lowest BCUT2D eigenvalue weighted by molar-refractivity contribution is 0.384. The minimum absolute atomic E-state index is 0.0573. The first-order valence-electron chi connectivity index (χ1n) is 8.04. The van der Waals surface area contributed by atoms with Gasteiger partial charge in [0.15, 0.2) is 0 Å². The summed E-state index contributed by atoms with van der Waals surface area (Å²) in [4.78, 5) is 4.11. The maximum atomic E-state index is 10.8. The molecule has 0 aliphatic rings. The minimum Gasteiger partial charge on any atom is -0.362 e. The maximum Gasteiger partial charge on any atom is 0.446 e. The van der Waals surface area contributed by atoms with E-state index in [2.05, 4.69) is 13.4 Å². The fourth-order valence-electron chi connectivity index (χ4n) is 2.80. The molecule has 0 aliphatic heterocycles. The van der Waals surface area contributed by atoms with E-state index in [1.165, 1.54) is 24.3 Å². The van der Waals surface area contributed by atoms with E-state index in [9.17, 15) is 16.8 Å². The second kappa shape index (κ2) is 8.17. The van der Waals surface area contributed by atoms with Gasteiger partial charge in [0, 0.05) is 18.3 Å². The highest BCUT2D eigenvalue weighted by molar-refractivity contribution is 7.81. The smallest absolute Gasteiger partial charge is 0.362 e. The first-order valence-corrected chi connectivity index (χ1v) is 10.8. The summed E-state index contributed by atoms with van der Waals surface area (Å²) in [5.41, 5.74) is 2.33. The zero-order valence-corrected chi connectivity index (χ0v) is 16.2. The lowest BCUT2D eigenvalue weighted by Crippen LogP contribution is -2.08. The highest BCUT2D eigenvalue weighted by atomic mass is 32.3. The highest BCUT2D eigenvalue weighted by Crippen LogP contribution is 2.33. The number of aromatic nitrogens is 1. The normalized spacial score (nSPS) is 12.0. The molecule has 0 saturated heterocycles. The van der Waals surface area contributed by atoms with E-state index in [1.807, 2.05) is 6.07 Å². The number of rotatable bonds is 7. The van der Waals surface area contributed by atoms with Gasteiger partial charge in [-0.05, 0) is 47.0 Å². The third kappa shape index (κ3) is 5.99. The topological polar surface area (TPSA) is 140 Å². The molecule has 0 unspecified atom stereocenters. The van der Waals surface area contributed by atoms with Gasteiger partial charge in [-0.1, -0.05) is 30.3 Å². The molecule has 9 nitrogen and oxygen atoms in total. The highest BCUT2D eigenvalue weighted by Gasteiger charge is 2.18. The van der Waals surface area contributed by atoms with Crippen LogP contribution in [0.25, 0.3) is 0 Å². The molecule has 0 bridgehead atoms. The average molecular weight is 437 g/mol. The molecule has 0 radical (unpaired) electrons. The third-order valence-corrected chi connectivity index (χ3v) is 4.65. The molecule has 0 atom stereocenters. The van der Waals surface area contributed by atoms with E-state index in [0.29, 0.717) is 0 Å². The Morgan fingerprint density at radius 3 is 1.48 bits per heavy atom. The predicted molar refractivity (Wildman–Crippen MR) is 102 cm³/mol. The van der Waals surface area contributed by atoms with Crippen LogP contribution in [0.5, 0.6) is 11.5 Å². The Balaban J connectivity index is 1.98. The lowest BCUT2D eigenvalue weighted by Gasteiger charge is -2.19. The molecule has 3 aromatic rings. The molecule has 2 aromatic carbocycles. The molecular weight excluding hydrogens is 422 g/mol.